The Morgan fingerprint density at radius 3 is 2.45 bits per heavy atom. The molecule has 0 saturated heterocycles. The number of hydrogen-bond donors (Lipinski definition) is 1. The highest BCUT2D eigenvalue weighted by Crippen LogP contribution is 2.15. The highest BCUT2D eigenvalue weighted by atomic mass is 16.5. The number of ether oxygens (including phenoxy) is 1. The molecule has 1 N–H and O–H groups in total. The molecule has 0 bridgehead atoms. The number of rotatable bonds is 7. The van der Waals surface area contributed by atoms with Crippen LogP contribution in [0.4, 0.5) is 0 Å². The number of nitrogens with zero attached hydrogens (tertiary/aromatic N) is 1. The fraction of sp³-hybridized carbons (Fsp3) is 0.444. The van der Waals surface area contributed by atoms with Gasteiger partial charge in [0.25, 0.3) is 5.91 Å². The molecule has 4 nitrogen and oxygen atoms in total. The van der Waals surface area contributed by atoms with Crippen LogP contribution in [0.5, 0.6) is 5.75 Å². The quantitative estimate of drug-likeness (QED) is 0.619. The topological polar surface area (TPSA) is 62.1 Å². The number of hydrogen-bond acceptors (Lipinski definition) is 3. The van der Waals surface area contributed by atoms with Crippen LogP contribution in [-0.2, 0) is 4.79 Å². The second-order valence-corrected chi connectivity index (χ2v) is 5.73. The predicted molar refractivity (Wildman–Crippen MR) is 88.3 cm³/mol. The highest BCUT2D eigenvalue weighted by molar-refractivity contribution is 6.01. The number of nitriles is 1. The summed E-state index contributed by atoms with van der Waals surface area (Å²) >= 11 is 0. The van der Waals surface area contributed by atoms with Crippen molar-refractivity contribution in [3.05, 3.63) is 35.4 Å². The van der Waals surface area contributed by atoms with Crippen LogP contribution < -0.4 is 10.1 Å². The van der Waals surface area contributed by atoms with E-state index in [2.05, 4.69) is 19.2 Å². The molecule has 1 aromatic carbocycles. The van der Waals surface area contributed by atoms with Crippen LogP contribution in [-0.4, -0.2) is 18.6 Å². The van der Waals surface area contributed by atoms with Crippen molar-refractivity contribution >= 4 is 12.0 Å². The minimum atomic E-state index is -0.336. The van der Waals surface area contributed by atoms with Crippen molar-refractivity contribution < 1.29 is 9.53 Å². The lowest BCUT2D eigenvalue weighted by atomic mass is 10.1. The Kier molecular flexibility index (Phi) is 7.18. The summed E-state index contributed by atoms with van der Waals surface area (Å²) in [6, 6.07) is 9.36. The SMILES string of the molecule is CC[C@@H](C)NC(=O)/C(C#N)=C/c1ccc(OCC(C)C)cc1. The second-order valence-electron chi connectivity index (χ2n) is 5.73. The van der Waals surface area contributed by atoms with Crippen molar-refractivity contribution in [1.82, 2.24) is 5.32 Å². The van der Waals surface area contributed by atoms with Crippen LogP contribution in [0.25, 0.3) is 6.08 Å². The molecular formula is C18H24N2O2. The van der Waals surface area contributed by atoms with Gasteiger partial charge in [0.15, 0.2) is 0 Å². The average molecular weight is 300 g/mol. The number of benzene rings is 1. The predicted octanol–water partition coefficient (Wildman–Crippen LogP) is 3.54. The van der Waals surface area contributed by atoms with Crippen LogP contribution in [0.3, 0.4) is 0 Å². The van der Waals surface area contributed by atoms with E-state index in [4.69, 9.17) is 10.00 Å². The molecule has 0 heterocycles. The summed E-state index contributed by atoms with van der Waals surface area (Å²) in [5.74, 6) is 0.916. The van der Waals surface area contributed by atoms with Crippen LogP contribution in [0.15, 0.2) is 29.8 Å². The van der Waals surface area contributed by atoms with Gasteiger partial charge in [-0.3, -0.25) is 4.79 Å². The molecule has 1 atom stereocenters. The lowest BCUT2D eigenvalue weighted by Gasteiger charge is -2.10. The van der Waals surface area contributed by atoms with Crippen molar-refractivity contribution in [1.29, 1.82) is 5.26 Å². The Balaban J connectivity index is 2.77. The molecule has 1 rings (SSSR count). The highest BCUT2D eigenvalue weighted by Gasteiger charge is 2.11. The van der Waals surface area contributed by atoms with Gasteiger partial charge in [-0.15, -0.1) is 0 Å². The Hall–Kier alpha value is -2.28. The number of nitrogens with one attached hydrogen (secondary N) is 1. The molecule has 0 radical (unpaired) electrons. The fourth-order valence-corrected chi connectivity index (χ4v) is 1.64. The molecule has 22 heavy (non-hydrogen) atoms. The first-order valence-electron chi connectivity index (χ1n) is 7.61. The maximum Gasteiger partial charge on any atom is 0.262 e. The van der Waals surface area contributed by atoms with E-state index in [0.29, 0.717) is 12.5 Å². The molecule has 1 aromatic rings. The van der Waals surface area contributed by atoms with Crippen molar-refractivity contribution in [3.8, 4) is 11.8 Å². The second kappa shape index (κ2) is 8.89. The summed E-state index contributed by atoms with van der Waals surface area (Å²) in [4.78, 5) is 12.0. The van der Waals surface area contributed by atoms with Gasteiger partial charge in [-0.25, -0.2) is 0 Å². The van der Waals surface area contributed by atoms with E-state index in [1.165, 1.54) is 0 Å². The van der Waals surface area contributed by atoms with Crippen LogP contribution >= 0.6 is 0 Å². The van der Waals surface area contributed by atoms with Crippen LogP contribution in [0.1, 0.15) is 39.7 Å². The largest absolute Gasteiger partial charge is 0.493 e. The summed E-state index contributed by atoms with van der Waals surface area (Å²) in [6.07, 6.45) is 2.41. The normalized spacial score (nSPS) is 12.6. The van der Waals surface area contributed by atoms with E-state index in [9.17, 15) is 4.79 Å². The van der Waals surface area contributed by atoms with Crippen molar-refractivity contribution in [2.75, 3.05) is 6.61 Å². The van der Waals surface area contributed by atoms with Gasteiger partial charge in [0.05, 0.1) is 6.61 Å². The summed E-state index contributed by atoms with van der Waals surface area (Å²) in [6.45, 7) is 8.73. The molecule has 0 saturated carbocycles. The van der Waals surface area contributed by atoms with Gasteiger partial charge in [0.2, 0.25) is 0 Å². The van der Waals surface area contributed by atoms with Gasteiger partial charge in [0.1, 0.15) is 17.4 Å². The van der Waals surface area contributed by atoms with Gasteiger partial charge in [-0.1, -0.05) is 32.9 Å². The maximum atomic E-state index is 12.0. The van der Waals surface area contributed by atoms with Gasteiger partial charge < -0.3 is 10.1 Å². The van der Waals surface area contributed by atoms with E-state index in [0.717, 1.165) is 17.7 Å². The zero-order chi connectivity index (χ0) is 16.5. The Morgan fingerprint density at radius 1 is 1.32 bits per heavy atom. The number of amides is 1. The summed E-state index contributed by atoms with van der Waals surface area (Å²) in [5, 5.41) is 11.9. The average Bonchev–Trinajstić information content (AvgIpc) is 2.51. The lowest BCUT2D eigenvalue weighted by Crippen LogP contribution is -2.32. The van der Waals surface area contributed by atoms with E-state index < -0.39 is 0 Å². The minimum Gasteiger partial charge on any atom is -0.493 e. The maximum absolute atomic E-state index is 12.0. The van der Waals surface area contributed by atoms with Crippen molar-refractivity contribution in [3.63, 3.8) is 0 Å². The monoisotopic (exact) mass is 300 g/mol. The van der Waals surface area contributed by atoms with E-state index >= 15 is 0 Å². The standard InChI is InChI=1S/C18H24N2O2/c1-5-14(4)20-18(21)16(11-19)10-15-6-8-17(9-7-15)22-12-13(2)3/h6-10,13-14H,5,12H2,1-4H3,(H,20,21)/b16-10+/t14-/m1/s1. The van der Waals surface area contributed by atoms with E-state index in [-0.39, 0.29) is 17.5 Å². The molecule has 4 heteroatoms. The zero-order valence-electron chi connectivity index (χ0n) is 13.7. The van der Waals surface area contributed by atoms with E-state index in [1.807, 2.05) is 44.2 Å². The first-order valence-corrected chi connectivity index (χ1v) is 7.61. The van der Waals surface area contributed by atoms with Gasteiger partial charge in [-0.2, -0.15) is 5.26 Å². The Morgan fingerprint density at radius 2 is 1.95 bits per heavy atom. The molecule has 0 aliphatic heterocycles. The minimum absolute atomic E-state index is 0.0519. The van der Waals surface area contributed by atoms with E-state index in [1.54, 1.807) is 6.08 Å². The molecule has 0 fully saturated rings. The molecule has 0 unspecified atom stereocenters. The van der Waals surface area contributed by atoms with Crippen molar-refractivity contribution in [2.45, 2.75) is 40.2 Å². The molecule has 0 aromatic heterocycles. The zero-order valence-corrected chi connectivity index (χ0v) is 13.7. The third kappa shape index (κ3) is 6.01. The van der Waals surface area contributed by atoms with Crippen LogP contribution in [0.2, 0.25) is 0 Å². The molecule has 0 spiro atoms. The van der Waals surface area contributed by atoms with Crippen LogP contribution in [0, 0.1) is 17.2 Å². The van der Waals surface area contributed by atoms with Gasteiger partial charge >= 0.3 is 0 Å². The summed E-state index contributed by atoms with van der Waals surface area (Å²) < 4.78 is 5.60. The third-order valence-electron chi connectivity index (χ3n) is 3.13. The lowest BCUT2D eigenvalue weighted by molar-refractivity contribution is -0.117. The molecule has 0 aliphatic carbocycles. The Labute approximate surface area is 132 Å². The third-order valence-corrected chi connectivity index (χ3v) is 3.13. The summed E-state index contributed by atoms with van der Waals surface area (Å²) in [7, 11) is 0. The molecule has 118 valence electrons. The first-order chi connectivity index (χ1) is 10.5. The first kappa shape index (κ1) is 17.8. The fourth-order valence-electron chi connectivity index (χ4n) is 1.64. The Bertz CT molecular complexity index is 553. The van der Waals surface area contributed by atoms with Crippen molar-refractivity contribution in [2.24, 2.45) is 5.92 Å². The summed E-state index contributed by atoms with van der Waals surface area (Å²) in [5.41, 5.74) is 0.906. The van der Waals surface area contributed by atoms with Gasteiger partial charge in [-0.05, 0) is 43.0 Å². The van der Waals surface area contributed by atoms with Gasteiger partial charge in [0, 0.05) is 6.04 Å². The molecular weight excluding hydrogens is 276 g/mol. The number of carbonyl (C=O) groups is 1. The molecule has 1 amide bonds. The molecule has 0 aliphatic rings. The number of carbonyl (C=O) groups excluding carboxylic acids is 1. The smallest absolute Gasteiger partial charge is 0.262 e.